The summed E-state index contributed by atoms with van der Waals surface area (Å²) in [6.45, 7) is 3.81. The summed E-state index contributed by atoms with van der Waals surface area (Å²) in [5, 5.41) is 0. The Morgan fingerprint density at radius 3 is 2.30 bits per heavy atom. The van der Waals surface area contributed by atoms with E-state index in [1.165, 1.54) is 24.3 Å². The van der Waals surface area contributed by atoms with E-state index in [1.807, 2.05) is 6.92 Å². The van der Waals surface area contributed by atoms with Crippen LogP contribution in [0, 0.1) is 11.6 Å². The standard InChI is InChI=1S/C21H18F4O2/c1-3-26-16-9-8-15-14-7-6-13(12-5-4-11(2)27-10-12)19(22)17(14)21(24,25)18(15)20(16)23/h5-9,11H,3-4,10H2,1-2H3. The lowest BCUT2D eigenvalue weighted by molar-refractivity contribution is 0.0397. The average molecular weight is 378 g/mol. The summed E-state index contributed by atoms with van der Waals surface area (Å²) in [4.78, 5) is 0. The highest BCUT2D eigenvalue weighted by molar-refractivity contribution is 5.83. The Labute approximate surface area is 154 Å². The van der Waals surface area contributed by atoms with Crippen molar-refractivity contribution in [3.63, 3.8) is 0 Å². The van der Waals surface area contributed by atoms with Crippen LogP contribution in [0.25, 0.3) is 16.7 Å². The van der Waals surface area contributed by atoms with Crippen LogP contribution in [0.5, 0.6) is 5.75 Å². The molecule has 0 spiro atoms. The Morgan fingerprint density at radius 2 is 1.67 bits per heavy atom. The molecule has 0 amide bonds. The van der Waals surface area contributed by atoms with Crippen LogP contribution >= 0.6 is 0 Å². The van der Waals surface area contributed by atoms with E-state index in [-0.39, 0.29) is 41.8 Å². The molecule has 27 heavy (non-hydrogen) atoms. The zero-order valence-corrected chi connectivity index (χ0v) is 14.9. The third-order valence-corrected chi connectivity index (χ3v) is 5.03. The fourth-order valence-electron chi connectivity index (χ4n) is 3.69. The van der Waals surface area contributed by atoms with Gasteiger partial charge >= 0.3 is 5.92 Å². The van der Waals surface area contributed by atoms with Crippen LogP contribution in [-0.4, -0.2) is 19.3 Å². The van der Waals surface area contributed by atoms with E-state index in [0.29, 0.717) is 12.0 Å². The van der Waals surface area contributed by atoms with E-state index in [1.54, 1.807) is 13.0 Å². The van der Waals surface area contributed by atoms with Gasteiger partial charge in [-0.15, -0.1) is 0 Å². The Balaban J connectivity index is 1.88. The molecule has 142 valence electrons. The second kappa shape index (κ2) is 6.37. The summed E-state index contributed by atoms with van der Waals surface area (Å²) < 4.78 is 70.6. The summed E-state index contributed by atoms with van der Waals surface area (Å²) in [5.74, 6) is -6.23. The first-order valence-electron chi connectivity index (χ1n) is 8.84. The van der Waals surface area contributed by atoms with E-state index in [2.05, 4.69) is 0 Å². The molecule has 0 aromatic heterocycles. The van der Waals surface area contributed by atoms with Crippen LogP contribution < -0.4 is 4.74 Å². The predicted molar refractivity (Wildman–Crippen MR) is 94.0 cm³/mol. The zero-order valence-electron chi connectivity index (χ0n) is 14.9. The number of rotatable bonds is 3. The molecule has 2 aromatic carbocycles. The molecule has 1 heterocycles. The van der Waals surface area contributed by atoms with Gasteiger partial charge in [-0.1, -0.05) is 18.2 Å². The molecule has 2 aliphatic rings. The molecule has 1 aliphatic heterocycles. The lowest BCUT2D eigenvalue weighted by Crippen LogP contribution is -2.18. The van der Waals surface area contributed by atoms with E-state index in [0.717, 1.165) is 0 Å². The molecule has 2 nitrogen and oxygen atoms in total. The van der Waals surface area contributed by atoms with Gasteiger partial charge in [-0.05, 0) is 49.1 Å². The van der Waals surface area contributed by atoms with Crippen LogP contribution in [0.3, 0.4) is 0 Å². The van der Waals surface area contributed by atoms with E-state index >= 15 is 13.2 Å². The monoisotopic (exact) mass is 378 g/mol. The quantitative estimate of drug-likeness (QED) is 0.640. The van der Waals surface area contributed by atoms with E-state index in [4.69, 9.17) is 9.47 Å². The maximum atomic E-state index is 15.2. The minimum Gasteiger partial charge on any atom is -0.491 e. The highest BCUT2D eigenvalue weighted by Gasteiger charge is 2.50. The Hall–Kier alpha value is -2.34. The molecule has 0 saturated heterocycles. The van der Waals surface area contributed by atoms with Crippen LogP contribution in [0.1, 0.15) is 37.0 Å². The molecule has 0 bridgehead atoms. The lowest BCUT2D eigenvalue weighted by atomic mass is 9.95. The number of alkyl halides is 2. The highest BCUT2D eigenvalue weighted by atomic mass is 19.3. The summed E-state index contributed by atoms with van der Waals surface area (Å²) in [6, 6.07) is 5.53. The van der Waals surface area contributed by atoms with Crippen molar-refractivity contribution in [2.24, 2.45) is 0 Å². The number of hydrogen-bond acceptors (Lipinski definition) is 2. The topological polar surface area (TPSA) is 18.5 Å². The molecule has 0 radical (unpaired) electrons. The predicted octanol–water partition coefficient (Wildman–Crippen LogP) is 5.68. The van der Waals surface area contributed by atoms with Gasteiger partial charge in [0.25, 0.3) is 0 Å². The van der Waals surface area contributed by atoms with Gasteiger partial charge in [0.15, 0.2) is 11.6 Å². The molecule has 6 heteroatoms. The Bertz CT molecular complexity index is 950. The fourth-order valence-corrected chi connectivity index (χ4v) is 3.69. The normalized spacial score (nSPS) is 20.1. The molecule has 0 saturated carbocycles. The number of hydrogen-bond donors (Lipinski definition) is 0. The summed E-state index contributed by atoms with van der Waals surface area (Å²) in [5.41, 5.74) is -1.04. The van der Waals surface area contributed by atoms with Crippen LogP contribution in [0.2, 0.25) is 0 Å². The fraction of sp³-hybridized carbons (Fsp3) is 0.333. The first kappa shape index (κ1) is 18.0. The Kier molecular flexibility index (Phi) is 4.26. The minimum absolute atomic E-state index is 0.00279. The molecule has 2 aromatic rings. The number of benzene rings is 2. The van der Waals surface area contributed by atoms with Gasteiger partial charge in [-0.2, -0.15) is 8.78 Å². The molecule has 0 fully saturated rings. The first-order chi connectivity index (χ1) is 12.9. The third-order valence-electron chi connectivity index (χ3n) is 5.03. The number of halogens is 4. The van der Waals surface area contributed by atoms with Gasteiger partial charge < -0.3 is 9.47 Å². The van der Waals surface area contributed by atoms with Crippen molar-refractivity contribution >= 4 is 5.57 Å². The summed E-state index contributed by atoms with van der Waals surface area (Å²) in [7, 11) is 0. The largest absolute Gasteiger partial charge is 0.491 e. The van der Waals surface area contributed by atoms with Crippen LogP contribution in [-0.2, 0) is 10.7 Å². The maximum absolute atomic E-state index is 15.2. The molecule has 4 rings (SSSR count). The third kappa shape index (κ3) is 2.65. The van der Waals surface area contributed by atoms with Crippen molar-refractivity contribution in [2.45, 2.75) is 32.3 Å². The van der Waals surface area contributed by atoms with E-state index < -0.39 is 28.7 Å². The van der Waals surface area contributed by atoms with Crippen molar-refractivity contribution < 1.29 is 27.0 Å². The molecule has 1 aliphatic carbocycles. The lowest BCUT2D eigenvalue weighted by Gasteiger charge is -2.21. The Morgan fingerprint density at radius 1 is 1.04 bits per heavy atom. The van der Waals surface area contributed by atoms with Crippen molar-refractivity contribution in [3.05, 3.63) is 58.7 Å². The van der Waals surface area contributed by atoms with Crippen LogP contribution in [0.4, 0.5) is 17.6 Å². The van der Waals surface area contributed by atoms with Crippen molar-refractivity contribution in [1.29, 1.82) is 0 Å². The zero-order chi connectivity index (χ0) is 19.3. The van der Waals surface area contributed by atoms with Gasteiger partial charge in [0, 0.05) is 5.56 Å². The smallest absolute Gasteiger partial charge is 0.305 e. The molecule has 0 N–H and O–H groups in total. The van der Waals surface area contributed by atoms with Gasteiger partial charge in [0.05, 0.1) is 30.4 Å². The van der Waals surface area contributed by atoms with Crippen LogP contribution in [0.15, 0.2) is 30.3 Å². The van der Waals surface area contributed by atoms with Gasteiger partial charge in [0.1, 0.15) is 5.82 Å². The van der Waals surface area contributed by atoms with Gasteiger partial charge in [-0.25, -0.2) is 8.78 Å². The molecular formula is C21H18F4O2. The van der Waals surface area contributed by atoms with E-state index in [9.17, 15) is 4.39 Å². The minimum atomic E-state index is -3.79. The summed E-state index contributed by atoms with van der Waals surface area (Å²) in [6.07, 6.45) is 2.38. The SMILES string of the molecule is CCOc1ccc2c(c1F)C(F)(F)c1c-2ccc(C2=CCC(C)OC2)c1F. The second-order valence-electron chi connectivity index (χ2n) is 6.74. The molecular weight excluding hydrogens is 360 g/mol. The van der Waals surface area contributed by atoms with Gasteiger partial charge in [0.2, 0.25) is 0 Å². The number of fused-ring (bicyclic) bond motifs is 3. The van der Waals surface area contributed by atoms with Gasteiger partial charge in [-0.3, -0.25) is 0 Å². The molecule has 1 unspecified atom stereocenters. The second-order valence-corrected chi connectivity index (χ2v) is 6.74. The molecule has 1 atom stereocenters. The highest BCUT2D eigenvalue weighted by Crippen LogP contribution is 2.54. The van der Waals surface area contributed by atoms with Crippen molar-refractivity contribution in [2.75, 3.05) is 13.2 Å². The van der Waals surface area contributed by atoms with Crippen molar-refractivity contribution in [3.8, 4) is 16.9 Å². The summed E-state index contributed by atoms with van der Waals surface area (Å²) >= 11 is 0. The number of ether oxygens (including phenoxy) is 2. The average Bonchev–Trinajstić information content (AvgIpc) is 2.87. The van der Waals surface area contributed by atoms with Crippen molar-refractivity contribution in [1.82, 2.24) is 0 Å². The maximum Gasteiger partial charge on any atom is 0.305 e. The first-order valence-corrected chi connectivity index (χ1v) is 8.84.